The minimum absolute atomic E-state index is 0.0166. The minimum atomic E-state index is -1.47. The minimum Gasteiger partial charge on any atom is -0.469 e. The number of alkyl carbamates (subject to hydrolysis) is 1. The van der Waals surface area contributed by atoms with Gasteiger partial charge in [-0.3, -0.25) is 4.79 Å². The van der Waals surface area contributed by atoms with Crippen LogP contribution in [-0.2, 0) is 18.7 Å². The molecule has 1 fully saturated rings. The maximum Gasteiger partial charge on any atom is 0.407 e. The van der Waals surface area contributed by atoms with Crippen LogP contribution in [0.15, 0.2) is 30.3 Å². The van der Waals surface area contributed by atoms with Gasteiger partial charge in [0.05, 0.1) is 25.2 Å². The summed E-state index contributed by atoms with van der Waals surface area (Å²) < 4.78 is 17.2. The van der Waals surface area contributed by atoms with Gasteiger partial charge in [0.25, 0.3) is 0 Å². The highest BCUT2D eigenvalue weighted by Gasteiger charge is 2.56. The molecule has 0 aliphatic heterocycles. The van der Waals surface area contributed by atoms with Gasteiger partial charge in [0.15, 0.2) is 9.04 Å². The van der Waals surface area contributed by atoms with Crippen molar-refractivity contribution in [1.82, 2.24) is 5.32 Å². The molecule has 1 saturated carbocycles. The molecule has 1 aromatic rings. The van der Waals surface area contributed by atoms with Crippen LogP contribution in [0.3, 0.4) is 0 Å². The first kappa shape index (κ1) is 26.4. The number of esters is 1. The van der Waals surface area contributed by atoms with Crippen molar-refractivity contribution < 1.29 is 23.5 Å². The number of benzene rings is 1. The van der Waals surface area contributed by atoms with E-state index >= 15 is 0 Å². The summed E-state index contributed by atoms with van der Waals surface area (Å²) in [5, 5.41) is 3.17. The Hall–Kier alpha value is -1.86. The van der Waals surface area contributed by atoms with Crippen molar-refractivity contribution in [3.05, 3.63) is 35.9 Å². The summed E-state index contributed by atoms with van der Waals surface area (Å²) in [6, 6.07) is 9.66. The zero-order valence-corrected chi connectivity index (χ0v) is 22.3. The van der Waals surface area contributed by atoms with Gasteiger partial charge in [0.1, 0.15) is 5.60 Å². The summed E-state index contributed by atoms with van der Waals surface area (Å²) in [6.45, 7) is 16.3. The van der Waals surface area contributed by atoms with Gasteiger partial charge in [0, 0.05) is 0 Å². The van der Waals surface area contributed by atoms with E-state index in [1.807, 2.05) is 51.1 Å². The largest absolute Gasteiger partial charge is 0.469 e. The molecule has 1 aliphatic carbocycles. The van der Waals surface area contributed by atoms with Crippen molar-refractivity contribution in [3.63, 3.8) is 0 Å². The topological polar surface area (TPSA) is 73.9 Å². The number of hydrogen-bond acceptors (Lipinski definition) is 5. The molecule has 0 aromatic heterocycles. The van der Waals surface area contributed by atoms with Gasteiger partial charge < -0.3 is 19.2 Å². The maximum absolute atomic E-state index is 13.0. The predicted octanol–water partition coefficient (Wildman–Crippen LogP) is 5.09. The van der Waals surface area contributed by atoms with E-state index < -0.39 is 20.7 Å². The molecule has 0 saturated heterocycles. The first-order chi connectivity index (χ1) is 14.7. The molecule has 0 bridgehead atoms. The summed E-state index contributed by atoms with van der Waals surface area (Å²) in [5.41, 5.74) is 0.206. The number of carbonyl (C=O) groups excluding carboxylic acids is 2. The van der Waals surface area contributed by atoms with E-state index in [9.17, 15) is 9.59 Å². The number of nitrogens with one attached hydrogen (secondary N) is 1. The Morgan fingerprint density at radius 2 is 1.66 bits per heavy atom. The molecule has 6 nitrogen and oxygen atoms in total. The second-order valence-corrected chi connectivity index (χ2v) is 13.5. The monoisotopic (exact) mass is 463 g/mol. The molecule has 0 spiro atoms. The SMILES string of the molecule is COC(=O)C1CC1C(C(NC(=O)OC(C)(C)C)C(O[SiH](C)C)c1ccccc1)C(C)(C)C. The number of ether oxygens (including phenoxy) is 2. The summed E-state index contributed by atoms with van der Waals surface area (Å²) in [7, 11) is -0.0425. The molecule has 1 N–H and O–H groups in total. The Kier molecular flexibility index (Phi) is 8.56. The maximum atomic E-state index is 13.0. The van der Waals surface area contributed by atoms with Crippen LogP contribution in [0.2, 0.25) is 13.1 Å². The van der Waals surface area contributed by atoms with Crippen molar-refractivity contribution >= 4 is 21.1 Å². The van der Waals surface area contributed by atoms with Crippen molar-refractivity contribution in [2.24, 2.45) is 23.2 Å². The van der Waals surface area contributed by atoms with Gasteiger partial charge in [-0.2, -0.15) is 0 Å². The van der Waals surface area contributed by atoms with E-state index in [1.165, 1.54) is 7.11 Å². The van der Waals surface area contributed by atoms with Crippen molar-refractivity contribution in [3.8, 4) is 0 Å². The summed E-state index contributed by atoms with van der Waals surface area (Å²) >= 11 is 0. The third-order valence-corrected chi connectivity index (χ3v) is 6.59. The molecule has 5 atom stereocenters. The molecule has 32 heavy (non-hydrogen) atoms. The van der Waals surface area contributed by atoms with E-state index in [-0.39, 0.29) is 41.3 Å². The normalized spacial score (nSPS) is 21.4. The smallest absolute Gasteiger partial charge is 0.407 e. The quantitative estimate of drug-likeness (QED) is 0.429. The second-order valence-electron chi connectivity index (χ2n) is 11.1. The number of rotatable bonds is 8. The molecule has 180 valence electrons. The van der Waals surface area contributed by atoms with Gasteiger partial charge in [-0.05, 0) is 63.1 Å². The molecule has 1 aromatic carbocycles. The Morgan fingerprint density at radius 3 is 2.12 bits per heavy atom. The average Bonchev–Trinajstić information content (AvgIpc) is 3.43. The van der Waals surface area contributed by atoms with Crippen LogP contribution in [-0.4, -0.2) is 39.9 Å². The summed E-state index contributed by atoms with van der Waals surface area (Å²) in [4.78, 5) is 25.3. The highest BCUT2D eigenvalue weighted by atomic mass is 28.3. The predicted molar refractivity (Wildman–Crippen MR) is 129 cm³/mol. The van der Waals surface area contributed by atoms with Gasteiger partial charge >= 0.3 is 12.1 Å². The molecule has 5 unspecified atom stereocenters. The van der Waals surface area contributed by atoms with Gasteiger partial charge in [0.2, 0.25) is 0 Å². The molecule has 1 amide bonds. The van der Waals surface area contributed by atoms with Crippen LogP contribution >= 0.6 is 0 Å². The second kappa shape index (κ2) is 10.4. The fourth-order valence-electron chi connectivity index (χ4n) is 4.59. The summed E-state index contributed by atoms with van der Waals surface area (Å²) in [5.74, 6) is -0.251. The van der Waals surface area contributed by atoms with E-state index in [0.717, 1.165) is 12.0 Å². The average molecular weight is 464 g/mol. The number of amides is 1. The molecule has 7 heteroatoms. The lowest BCUT2D eigenvalue weighted by Crippen LogP contribution is -2.52. The third kappa shape index (κ3) is 7.34. The lowest BCUT2D eigenvalue weighted by molar-refractivity contribution is -0.143. The van der Waals surface area contributed by atoms with Crippen LogP contribution in [0.1, 0.15) is 59.6 Å². The van der Waals surface area contributed by atoms with Crippen LogP contribution in [0.4, 0.5) is 4.79 Å². The molecule has 2 rings (SSSR count). The highest BCUT2D eigenvalue weighted by molar-refractivity contribution is 6.48. The van der Waals surface area contributed by atoms with Gasteiger partial charge in [-0.25, -0.2) is 4.79 Å². The fourth-order valence-corrected chi connectivity index (χ4v) is 5.50. The fraction of sp³-hybridized carbons (Fsp3) is 0.680. The molecule has 0 heterocycles. The standard InChI is InChI=1S/C25H41NO5Si/c1-24(2,3)19(17-15-18(17)22(27)29-7)20(26-23(28)30-25(4,5)6)21(31-32(8)9)16-13-11-10-12-14-16/h10-14,17-21,32H,15H2,1-9H3,(H,26,28). The summed E-state index contributed by atoms with van der Waals surface area (Å²) in [6.07, 6.45) is -0.0534. The Morgan fingerprint density at radius 1 is 1.06 bits per heavy atom. The van der Waals surface area contributed by atoms with Crippen LogP contribution in [0.5, 0.6) is 0 Å². The van der Waals surface area contributed by atoms with E-state index in [4.69, 9.17) is 13.9 Å². The van der Waals surface area contributed by atoms with Gasteiger partial charge in [-0.15, -0.1) is 0 Å². The Balaban J connectivity index is 2.51. The molecular formula is C25H41NO5Si. The first-order valence-corrected chi connectivity index (χ1v) is 14.3. The highest BCUT2D eigenvalue weighted by Crippen LogP contribution is 2.54. The van der Waals surface area contributed by atoms with Crippen LogP contribution in [0, 0.1) is 23.2 Å². The van der Waals surface area contributed by atoms with Crippen LogP contribution in [0.25, 0.3) is 0 Å². The van der Waals surface area contributed by atoms with Gasteiger partial charge in [-0.1, -0.05) is 51.1 Å². The number of hydrogen-bond donors (Lipinski definition) is 1. The van der Waals surface area contributed by atoms with E-state index in [2.05, 4.69) is 39.2 Å². The van der Waals surface area contributed by atoms with E-state index in [0.29, 0.717) is 0 Å². The molecule has 0 radical (unpaired) electrons. The van der Waals surface area contributed by atoms with Crippen molar-refractivity contribution in [1.29, 1.82) is 0 Å². The third-order valence-electron chi connectivity index (χ3n) is 5.75. The zero-order valence-electron chi connectivity index (χ0n) is 21.1. The lowest BCUT2D eigenvalue weighted by atomic mass is 9.70. The number of methoxy groups -OCH3 is 1. The van der Waals surface area contributed by atoms with Crippen molar-refractivity contribution in [2.45, 2.75) is 78.8 Å². The zero-order chi connectivity index (χ0) is 24.3. The van der Waals surface area contributed by atoms with E-state index in [1.54, 1.807) is 0 Å². The Bertz CT molecular complexity index is 769. The molecular weight excluding hydrogens is 422 g/mol. The Labute approximate surface area is 195 Å². The van der Waals surface area contributed by atoms with Crippen molar-refractivity contribution in [2.75, 3.05) is 7.11 Å². The first-order valence-electron chi connectivity index (χ1n) is 11.5. The van der Waals surface area contributed by atoms with Crippen LogP contribution < -0.4 is 5.32 Å². The number of carbonyl (C=O) groups is 2. The molecule has 1 aliphatic rings. The lowest BCUT2D eigenvalue weighted by Gasteiger charge is -2.42.